The molecule has 2 saturated heterocycles. The Morgan fingerprint density at radius 2 is 2.00 bits per heavy atom. The summed E-state index contributed by atoms with van der Waals surface area (Å²) in [5, 5.41) is 2.55. The van der Waals surface area contributed by atoms with Gasteiger partial charge in [-0.3, -0.25) is 9.69 Å². The van der Waals surface area contributed by atoms with E-state index in [2.05, 4.69) is 5.32 Å². The second kappa shape index (κ2) is 4.42. The summed E-state index contributed by atoms with van der Waals surface area (Å²) in [7, 11) is 0. The lowest BCUT2D eigenvalue weighted by Gasteiger charge is -2.25. The maximum absolute atomic E-state index is 11.7. The van der Waals surface area contributed by atoms with E-state index < -0.39 is 0 Å². The largest absolute Gasteiger partial charge is 0.371 e. The zero-order chi connectivity index (χ0) is 12.5. The van der Waals surface area contributed by atoms with Crippen molar-refractivity contribution in [3.05, 3.63) is 35.9 Å². The van der Waals surface area contributed by atoms with Crippen LogP contribution < -0.4 is 5.32 Å². The molecule has 5 nitrogen and oxygen atoms in total. The van der Waals surface area contributed by atoms with Gasteiger partial charge in [-0.25, -0.2) is 4.79 Å². The third-order valence-corrected chi connectivity index (χ3v) is 3.40. The fourth-order valence-corrected chi connectivity index (χ4v) is 2.57. The highest BCUT2D eigenvalue weighted by molar-refractivity contribution is 6.02. The summed E-state index contributed by atoms with van der Waals surface area (Å²) >= 11 is 0. The Morgan fingerprint density at radius 1 is 1.22 bits per heavy atom. The molecule has 0 spiro atoms. The minimum Gasteiger partial charge on any atom is -0.371 e. The van der Waals surface area contributed by atoms with Crippen molar-refractivity contribution < 1.29 is 14.3 Å². The lowest BCUT2D eigenvalue weighted by molar-refractivity contribution is -0.127. The molecule has 1 aromatic rings. The number of hydrogen-bond donors (Lipinski definition) is 1. The predicted octanol–water partition coefficient (Wildman–Crippen LogP) is 1.07. The van der Waals surface area contributed by atoms with Crippen LogP contribution in [-0.2, 0) is 9.53 Å². The molecule has 2 aliphatic heterocycles. The molecule has 2 aliphatic rings. The fraction of sp³-hybridized carbons (Fsp3) is 0.385. The predicted molar refractivity (Wildman–Crippen MR) is 63.8 cm³/mol. The van der Waals surface area contributed by atoms with Crippen molar-refractivity contribution >= 4 is 11.9 Å². The Labute approximate surface area is 105 Å². The van der Waals surface area contributed by atoms with Crippen LogP contribution in [0.1, 0.15) is 18.1 Å². The molecule has 3 amide bonds. The molecule has 2 atom stereocenters. The summed E-state index contributed by atoms with van der Waals surface area (Å²) in [5.74, 6) is -0.170. The van der Waals surface area contributed by atoms with Crippen molar-refractivity contribution in [2.24, 2.45) is 0 Å². The van der Waals surface area contributed by atoms with Crippen LogP contribution in [0.2, 0.25) is 0 Å². The standard InChI is InChI=1S/C13H14N2O3/c16-11-8-14-13(17)15(11)10-6-7-18-12(10)9-4-2-1-3-5-9/h1-5,10,12H,6-8H2,(H,14,17)/t10-,12+/m0/s1. The first-order valence-electron chi connectivity index (χ1n) is 6.04. The number of carbonyl (C=O) groups excluding carboxylic acids is 2. The van der Waals surface area contributed by atoms with Gasteiger partial charge in [-0.05, 0) is 12.0 Å². The van der Waals surface area contributed by atoms with Gasteiger partial charge in [0.25, 0.3) is 0 Å². The molecular formula is C13H14N2O3. The van der Waals surface area contributed by atoms with Crippen LogP contribution in [-0.4, -0.2) is 36.0 Å². The van der Waals surface area contributed by atoms with Crippen molar-refractivity contribution in [3.8, 4) is 0 Å². The normalized spacial score (nSPS) is 27.7. The van der Waals surface area contributed by atoms with E-state index in [0.29, 0.717) is 13.0 Å². The number of rotatable bonds is 2. The molecule has 1 aromatic carbocycles. The minimum absolute atomic E-state index is 0.0941. The average Bonchev–Trinajstić information content (AvgIpc) is 2.97. The number of nitrogens with one attached hydrogen (secondary N) is 1. The molecule has 1 N–H and O–H groups in total. The number of carbonyl (C=O) groups is 2. The average molecular weight is 246 g/mol. The van der Waals surface area contributed by atoms with Gasteiger partial charge < -0.3 is 10.1 Å². The summed E-state index contributed by atoms with van der Waals surface area (Å²) in [6, 6.07) is 9.21. The number of hydrogen-bond acceptors (Lipinski definition) is 3. The van der Waals surface area contributed by atoms with Gasteiger partial charge in [-0.2, -0.15) is 0 Å². The van der Waals surface area contributed by atoms with Gasteiger partial charge in [0.05, 0.1) is 12.6 Å². The topological polar surface area (TPSA) is 58.6 Å². The molecule has 94 valence electrons. The molecule has 0 bridgehead atoms. The summed E-state index contributed by atoms with van der Waals surface area (Å²) in [6.45, 7) is 0.665. The van der Waals surface area contributed by atoms with E-state index in [1.54, 1.807) is 0 Å². The summed E-state index contributed by atoms with van der Waals surface area (Å²) in [6.07, 6.45) is 0.484. The monoisotopic (exact) mass is 246 g/mol. The number of amides is 3. The van der Waals surface area contributed by atoms with Crippen molar-refractivity contribution in [3.63, 3.8) is 0 Å². The summed E-state index contributed by atoms with van der Waals surface area (Å²) in [4.78, 5) is 24.7. The molecule has 0 aromatic heterocycles. The van der Waals surface area contributed by atoms with Crippen molar-refractivity contribution in [2.75, 3.05) is 13.2 Å². The lowest BCUT2D eigenvalue weighted by atomic mass is 10.0. The van der Waals surface area contributed by atoms with Gasteiger partial charge in [0.1, 0.15) is 6.10 Å². The first-order chi connectivity index (χ1) is 8.77. The van der Waals surface area contributed by atoms with Crippen LogP contribution in [0.15, 0.2) is 30.3 Å². The number of imide groups is 1. The Hall–Kier alpha value is -1.88. The van der Waals surface area contributed by atoms with E-state index in [0.717, 1.165) is 5.56 Å². The molecule has 3 rings (SSSR count). The first kappa shape index (κ1) is 11.2. The highest BCUT2D eigenvalue weighted by atomic mass is 16.5. The maximum Gasteiger partial charge on any atom is 0.324 e. The molecule has 0 aliphatic carbocycles. The Bertz CT molecular complexity index is 458. The molecule has 0 unspecified atom stereocenters. The van der Waals surface area contributed by atoms with Crippen LogP contribution in [0.3, 0.4) is 0 Å². The Kier molecular flexibility index (Phi) is 2.76. The van der Waals surface area contributed by atoms with Gasteiger partial charge in [-0.1, -0.05) is 30.3 Å². The van der Waals surface area contributed by atoms with Gasteiger partial charge >= 0.3 is 6.03 Å². The Balaban J connectivity index is 1.88. The second-order valence-electron chi connectivity index (χ2n) is 4.48. The SMILES string of the molecule is O=C1CNC(=O)N1[C@H]1CCO[C@@H]1c1ccccc1. The van der Waals surface area contributed by atoms with E-state index in [1.807, 2.05) is 30.3 Å². The molecule has 0 radical (unpaired) electrons. The van der Waals surface area contributed by atoms with E-state index in [4.69, 9.17) is 4.74 Å². The van der Waals surface area contributed by atoms with E-state index in [-0.39, 0.29) is 30.6 Å². The van der Waals surface area contributed by atoms with Crippen molar-refractivity contribution in [2.45, 2.75) is 18.6 Å². The highest BCUT2D eigenvalue weighted by Crippen LogP contribution is 2.33. The number of benzene rings is 1. The van der Waals surface area contributed by atoms with Gasteiger partial charge in [0, 0.05) is 6.61 Å². The molecule has 0 saturated carbocycles. The first-order valence-corrected chi connectivity index (χ1v) is 6.04. The molecule has 2 fully saturated rings. The zero-order valence-corrected chi connectivity index (χ0v) is 9.83. The van der Waals surface area contributed by atoms with E-state index in [1.165, 1.54) is 4.90 Å². The van der Waals surface area contributed by atoms with Gasteiger partial charge in [0.15, 0.2) is 0 Å². The lowest BCUT2D eigenvalue weighted by Crippen LogP contribution is -2.42. The second-order valence-corrected chi connectivity index (χ2v) is 4.48. The van der Waals surface area contributed by atoms with Gasteiger partial charge in [-0.15, -0.1) is 0 Å². The Morgan fingerprint density at radius 3 is 2.67 bits per heavy atom. The third-order valence-electron chi connectivity index (χ3n) is 3.40. The zero-order valence-electron chi connectivity index (χ0n) is 9.83. The van der Waals surface area contributed by atoms with Crippen LogP contribution in [0.25, 0.3) is 0 Å². The van der Waals surface area contributed by atoms with E-state index in [9.17, 15) is 9.59 Å². The molecular weight excluding hydrogens is 232 g/mol. The number of nitrogens with zero attached hydrogens (tertiary/aromatic N) is 1. The molecule has 2 heterocycles. The molecule has 18 heavy (non-hydrogen) atoms. The summed E-state index contributed by atoms with van der Waals surface area (Å²) in [5.41, 5.74) is 1.01. The van der Waals surface area contributed by atoms with Crippen LogP contribution in [0, 0.1) is 0 Å². The number of urea groups is 1. The highest BCUT2D eigenvalue weighted by Gasteiger charge is 2.42. The number of ether oxygens (including phenoxy) is 1. The minimum atomic E-state index is -0.309. The smallest absolute Gasteiger partial charge is 0.324 e. The van der Waals surface area contributed by atoms with Crippen LogP contribution in [0.5, 0.6) is 0 Å². The van der Waals surface area contributed by atoms with Crippen molar-refractivity contribution in [1.29, 1.82) is 0 Å². The van der Waals surface area contributed by atoms with Gasteiger partial charge in [0.2, 0.25) is 5.91 Å². The van der Waals surface area contributed by atoms with Crippen LogP contribution in [0.4, 0.5) is 4.79 Å². The summed E-state index contributed by atoms with van der Waals surface area (Å²) < 4.78 is 5.69. The fourth-order valence-electron chi connectivity index (χ4n) is 2.57. The van der Waals surface area contributed by atoms with E-state index >= 15 is 0 Å². The van der Waals surface area contributed by atoms with Crippen molar-refractivity contribution in [1.82, 2.24) is 10.2 Å². The van der Waals surface area contributed by atoms with Crippen LogP contribution >= 0.6 is 0 Å². The third kappa shape index (κ3) is 1.76. The quantitative estimate of drug-likeness (QED) is 0.794. The molecule has 5 heteroatoms. The maximum atomic E-state index is 11.7.